The van der Waals surface area contributed by atoms with Crippen molar-refractivity contribution >= 4 is 26.7 Å². The van der Waals surface area contributed by atoms with Gasteiger partial charge in [-0.05, 0) is 31.0 Å². The van der Waals surface area contributed by atoms with Crippen LogP contribution in [0.1, 0.15) is 33.1 Å². The molecule has 1 aromatic carbocycles. The molecule has 1 aromatic heterocycles. The highest BCUT2D eigenvalue weighted by atomic mass is 32.1. The fourth-order valence-electron chi connectivity index (χ4n) is 1.86. The van der Waals surface area contributed by atoms with E-state index in [0.717, 1.165) is 34.6 Å². The van der Waals surface area contributed by atoms with Gasteiger partial charge >= 0.3 is 0 Å². The van der Waals surface area contributed by atoms with Gasteiger partial charge in [0, 0.05) is 6.04 Å². The zero-order chi connectivity index (χ0) is 12.3. The van der Waals surface area contributed by atoms with Gasteiger partial charge in [0.15, 0.2) is 5.13 Å². The van der Waals surface area contributed by atoms with Crippen LogP contribution < -0.4 is 5.32 Å². The lowest BCUT2D eigenvalue weighted by atomic mass is 10.1. The first-order chi connectivity index (χ1) is 8.22. The standard InChI is InChI=1S/C13H17FN2S/c1-3-5-10(4-2)15-13-16-11-7-6-9(14)8-12(11)17-13/h6-8,10H,3-5H2,1-2H3,(H,15,16). The Labute approximate surface area is 105 Å². The Kier molecular flexibility index (Phi) is 3.94. The highest BCUT2D eigenvalue weighted by molar-refractivity contribution is 7.22. The monoisotopic (exact) mass is 252 g/mol. The molecule has 2 nitrogen and oxygen atoms in total. The number of fused-ring (bicyclic) bond motifs is 1. The summed E-state index contributed by atoms with van der Waals surface area (Å²) in [5.74, 6) is -0.201. The maximum absolute atomic E-state index is 13.1. The largest absolute Gasteiger partial charge is 0.359 e. The topological polar surface area (TPSA) is 24.9 Å². The van der Waals surface area contributed by atoms with Crippen molar-refractivity contribution in [2.75, 3.05) is 5.32 Å². The number of nitrogens with zero attached hydrogens (tertiary/aromatic N) is 1. The Hall–Kier alpha value is -1.16. The molecule has 1 atom stereocenters. The number of benzene rings is 1. The Bertz CT molecular complexity index is 495. The molecule has 92 valence electrons. The minimum absolute atomic E-state index is 0.201. The molecule has 0 spiro atoms. The van der Waals surface area contributed by atoms with Crippen LogP contribution in [0.25, 0.3) is 10.2 Å². The van der Waals surface area contributed by atoms with Gasteiger partial charge in [-0.2, -0.15) is 0 Å². The first-order valence-corrected chi connectivity index (χ1v) is 6.87. The second-order valence-corrected chi connectivity index (χ2v) is 5.20. The fraction of sp³-hybridized carbons (Fsp3) is 0.462. The summed E-state index contributed by atoms with van der Waals surface area (Å²) in [6.45, 7) is 4.35. The second-order valence-electron chi connectivity index (χ2n) is 4.17. The van der Waals surface area contributed by atoms with Crippen molar-refractivity contribution in [1.29, 1.82) is 0 Å². The number of rotatable bonds is 5. The van der Waals surface area contributed by atoms with Crippen LogP contribution in [-0.4, -0.2) is 11.0 Å². The highest BCUT2D eigenvalue weighted by Gasteiger charge is 2.09. The molecule has 2 rings (SSSR count). The molecule has 1 N–H and O–H groups in total. The van der Waals surface area contributed by atoms with Gasteiger partial charge in [0.25, 0.3) is 0 Å². The molecule has 0 saturated heterocycles. The lowest BCUT2D eigenvalue weighted by Gasteiger charge is -2.14. The normalized spacial score (nSPS) is 12.9. The van der Waals surface area contributed by atoms with Crippen molar-refractivity contribution in [3.8, 4) is 0 Å². The zero-order valence-corrected chi connectivity index (χ0v) is 11.0. The van der Waals surface area contributed by atoms with Crippen LogP contribution in [0.4, 0.5) is 9.52 Å². The molecule has 0 radical (unpaired) electrons. The molecule has 4 heteroatoms. The number of thiazole rings is 1. The molecular formula is C13H17FN2S. The smallest absolute Gasteiger partial charge is 0.184 e. The summed E-state index contributed by atoms with van der Waals surface area (Å²) >= 11 is 1.52. The molecule has 0 bridgehead atoms. The van der Waals surface area contributed by atoms with Crippen molar-refractivity contribution < 1.29 is 4.39 Å². The van der Waals surface area contributed by atoms with E-state index in [1.165, 1.54) is 17.4 Å². The number of hydrogen-bond acceptors (Lipinski definition) is 3. The number of hydrogen-bond donors (Lipinski definition) is 1. The molecule has 1 heterocycles. The van der Waals surface area contributed by atoms with Crippen LogP contribution in [0.3, 0.4) is 0 Å². The molecule has 0 saturated carbocycles. The van der Waals surface area contributed by atoms with E-state index in [0.29, 0.717) is 6.04 Å². The van der Waals surface area contributed by atoms with E-state index in [2.05, 4.69) is 24.1 Å². The van der Waals surface area contributed by atoms with E-state index in [1.807, 2.05) is 0 Å². The zero-order valence-electron chi connectivity index (χ0n) is 10.2. The minimum Gasteiger partial charge on any atom is -0.359 e. The van der Waals surface area contributed by atoms with Crippen molar-refractivity contribution in [1.82, 2.24) is 4.98 Å². The number of aromatic nitrogens is 1. The minimum atomic E-state index is -0.201. The average molecular weight is 252 g/mol. The van der Waals surface area contributed by atoms with E-state index in [-0.39, 0.29) is 5.82 Å². The molecule has 0 aliphatic heterocycles. The summed E-state index contributed by atoms with van der Waals surface area (Å²) in [4.78, 5) is 4.46. The predicted molar refractivity (Wildman–Crippen MR) is 72.2 cm³/mol. The van der Waals surface area contributed by atoms with Gasteiger partial charge in [-0.25, -0.2) is 9.37 Å². The Balaban J connectivity index is 2.18. The molecule has 0 aliphatic carbocycles. The lowest BCUT2D eigenvalue weighted by Crippen LogP contribution is -2.17. The Morgan fingerprint density at radius 1 is 1.41 bits per heavy atom. The summed E-state index contributed by atoms with van der Waals surface area (Å²) in [7, 11) is 0. The Morgan fingerprint density at radius 3 is 2.94 bits per heavy atom. The van der Waals surface area contributed by atoms with E-state index < -0.39 is 0 Å². The summed E-state index contributed by atoms with van der Waals surface area (Å²) in [5.41, 5.74) is 0.866. The van der Waals surface area contributed by atoms with E-state index in [1.54, 1.807) is 12.1 Å². The van der Waals surface area contributed by atoms with Crippen molar-refractivity contribution in [3.05, 3.63) is 24.0 Å². The molecule has 1 unspecified atom stereocenters. The summed E-state index contributed by atoms with van der Waals surface area (Å²) in [6, 6.07) is 5.19. The van der Waals surface area contributed by atoms with E-state index in [9.17, 15) is 4.39 Å². The van der Waals surface area contributed by atoms with E-state index in [4.69, 9.17) is 0 Å². The SMILES string of the molecule is CCCC(CC)Nc1nc2ccc(F)cc2s1. The van der Waals surface area contributed by atoms with Gasteiger partial charge < -0.3 is 5.32 Å². The van der Waals surface area contributed by atoms with Crippen LogP contribution in [0.2, 0.25) is 0 Å². The second kappa shape index (κ2) is 5.45. The van der Waals surface area contributed by atoms with Crippen LogP contribution in [0, 0.1) is 5.82 Å². The summed E-state index contributed by atoms with van der Waals surface area (Å²) in [5, 5.41) is 4.32. The van der Waals surface area contributed by atoms with Crippen LogP contribution in [-0.2, 0) is 0 Å². The quantitative estimate of drug-likeness (QED) is 0.851. The van der Waals surface area contributed by atoms with Crippen LogP contribution in [0.15, 0.2) is 18.2 Å². The molecule has 17 heavy (non-hydrogen) atoms. The van der Waals surface area contributed by atoms with Crippen molar-refractivity contribution in [3.63, 3.8) is 0 Å². The average Bonchev–Trinajstić information content (AvgIpc) is 2.69. The fourth-order valence-corrected chi connectivity index (χ4v) is 2.83. The van der Waals surface area contributed by atoms with Crippen LogP contribution in [0.5, 0.6) is 0 Å². The van der Waals surface area contributed by atoms with Gasteiger partial charge in [0.2, 0.25) is 0 Å². The molecular weight excluding hydrogens is 235 g/mol. The maximum Gasteiger partial charge on any atom is 0.184 e. The van der Waals surface area contributed by atoms with Gasteiger partial charge in [-0.3, -0.25) is 0 Å². The number of anilines is 1. The third-order valence-electron chi connectivity index (χ3n) is 2.81. The Morgan fingerprint density at radius 2 is 2.24 bits per heavy atom. The van der Waals surface area contributed by atoms with Gasteiger partial charge in [-0.15, -0.1) is 0 Å². The number of nitrogens with one attached hydrogen (secondary N) is 1. The third kappa shape index (κ3) is 2.94. The highest BCUT2D eigenvalue weighted by Crippen LogP contribution is 2.27. The maximum atomic E-state index is 13.1. The summed E-state index contributed by atoms with van der Waals surface area (Å²) < 4.78 is 14.0. The van der Waals surface area contributed by atoms with Crippen LogP contribution >= 0.6 is 11.3 Å². The third-order valence-corrected chi connectivity index (χ3v) is 3.76. The molecule has 0 aliphatic rings. The molecule has 2 aromatic rings. The van der Waals surface area contributed by atoms with Crippen molar-refractivity contribution in [2.45, 2.75) is 39.2 Å². The van der Waals surface area contributed by atoms with Gasteiger partial charge in [0.05, 0.1) is 10.2 Å². The molecule has 0 fully saturated rings. The number of halogens is 1. The van der Waals surface area contributed by atoms with Crippen molar-refractivity contribution in [2.24, 2.45) is 0 Å². The van der Waals surface area contributed by atoms with Gasteiger partial charge in [-0.1, -0.05) is 31.6 Å². The first-order valence-electron chi connectivity index (χ1n) is 6.05. The lowest BCUT2D eigenvalue weighted by molar-refractivity contribution is 0.622. The first kappa shape index (κ1) is 12.3. The summed E-state index contributed by atoms with van der Waals surface area (Å²) in [6.07, 6.45) is 3.38. The van der Waals surface area contributed by atoms with Gasteiger partial charge in [0.1, 0.15) is 5.82 Å². The molecule has 0 amide bonds. The predicted octanol–water partition coefficient (Wildman–Crippen LogP) is 4.43. The van der Waals surface area contributed by atoms with E-state index >= 15 is 0 Å².